The van der Waals surface area contributed by atoms with Crippen LogP contribution in [0.4, 0.5) is 0 Å². The maximum absolute atomic E-state index is 6.17. The maximum Gasteiger partial charge on any atom is 0.126 e. The molecule has 1 heterocycles. The fourth-order valence-corrected chi connectivity index (χ4v) is 3.31. The van der Waals surface area contributed by atoms with Crippen molar-refractivity contribution in [2.75, 3.05) is 13.7 Å². The van der Waals surface area contributed by atoms with Gasteiger partial charge in [-0.05, 0) is 60.8 Å². The zero-order valence-corrected chi connectivity index (χ0v) is 13.3. The minimum absolute atomic E-state index is 0.211. The third kappa shape index (κ3) is 3.24. The third-order valence-corrected chi connectivity index (χ3v) is 4.76. The van der Waals surface area contributed by atoms with Crippen molar-refractivity contribution in [2.45, 2.75) is 58.1 Å². The van der Waals surface area contributed by atoms with E-state index < -0.39 is 0 Å². The number of nitrogens with two attached hydrogens (primary N) is 1. The fourth-order valence-electron chi connectivity index (χ4n) is 3.31. The Kier molecular flexibility index (Phi) is 4.51. The molecule has 0 radical (unpaired) electrons. The van der Waals surface area contributed by atoms with Crippen molar-refractivity contribution < 1.29 is 9.47 Å². The molecule has 3 rings (SSSR count). The second-order valence-corrected chi connectivity index (χ2v) is 6.53. The highest BCUT2D eigenvalue weighted by Gasteiger charge is 2.29. The SMILES string of the molecule is CCC(N)Cc1cc(COC)c(CC2CC2)c2c1OCC2. The van der Waals surface area contributed by atoms with Crippen molar-refractivity contribution >= 4 is 0 Å². The Balaban J connectivity index is 1.97. The van der Waals surface area contributed by atoms with E-state index in [4.69, 9.17) is 15.2 Å². The molecule has 1 aromatic carbocycles. The molecule has 0 spiro atoms. The number of methoxy groups -OCH3 is 1. The minimum Gasteiger partial charge on any atom is -0.493 e. The Labute approximate surface area is 127 Å². The van der Waals surface area contributed by atoms with Gasteiger partial charge in [0.05, 0.1) is 13.2 Å². The highest BCUT2D eigenvalue weighted by atomic mass is 16.5. The van der Waals surface area contributed by atoms with Gasteiger partial charge in [0.15, 0.2) is 0 Å². The zero-order valence-electron chi connectivity index (χ0n) is 13.3. The summed E-state index contributed by atoms with van der Waals surface area (Å²) >= 11 is 0. The molecule has 21 heavy (non-hydrogen) atoms. The first-order valence-electron chi connectivity index (χ1n) is 8.26. The smallest absolute Gasteiger partial charge is 0.126 e. The molecule has 0 amide bonds. The molecule has 3 heteroatoms. The van der Waals surface area contributed by atoms with Crippen LogP contribution < -0.4 is 10.5 Å². The summed E-state index contributed by atoms with van der Waals surface area (Å²) in [6.07, 6.45) is 6.90. The second-order valence-electron chi connectivity index (χ2n) is 6.53. The number of rotatable bonds is 7. The van der Waals surface area contributed by atoms with E-state index in [9.17, 15) is 0 Å². The van der Waals surface area contributed by atoms with Crippen LogP contribution in [0, 0.1) is 5.92 Å². The van der Waals surface area contributed by atoms with E-state index in [0.29, 0.717) is 6.61 Å². The molecule has 1 aliphatic carbocycles. The maximum atomic E-state index is 6.17. The first-order valence-corrected chi connectivity index (χ1v) is 8.26. The zero-order chi connectivity index (χ0) is 14.8. The van der Waals surface area contributed by atoms with E-state index in [1.54, 1.807) is 7.11 Å². The van der Waals surface area contributed by atoms with Gasteiger partial charge in [0.1, 0.15) is 5.75 Å². The van der Waals surface area contributed by atoms with Crippen LogP contribution in [-0.2, 0) is 30.6 Å². The summed E-state index contributed by atoms with van der Waals surface area (Å²) in [6, 6.07) is 2.50. The lowest BCUT2D eigenvalue weighted by Gasteiger charge is -2.18. The van der Waals surface area contributed by atoms with Gasteiger partial charge in [-0.1, -0.05) is 6.92 Å². The predicted octanol–water partition coefficient (Wildman–Crippen LogP) is 3.00. The molecule has 1 aromatic rings. The lowest BCUT2D eigenvalue weighted by molar-refractivity contribution is 0.184. The third-order valence-electron chi connectivity index (χ3n) is 4.76. The van der Waals surface area contributed by atoms with Crippen LogP contribution >= 0.6 is 0 Å². The highest BCUT2D eigenvalue weighted by Crippen LogP contribution is 2.41. The summed E-state index contributed by atoms with van der Waals surface area (Å²) in [7, 11) is 1.78. The number of hydrogen-bond donors (Lipinski definition) is 1. The van der Waals surface area contributed by atoms with Crippen molar-refractivity contribution in [1.29, 1.82) is 0 Å². The van der Waals surface area contributed by atoms with Crippen molar-refractivity contribution in [3.8, 4) is 5.75 Å². The molecule has 0 bridgehead atoms. The summed E-state index contributed by atoms with van der Waals surface area (Å²) in [4.78, 5) is 0. The average Bonchev–Trinajstić information content (AvgIpc) is 3.16. The normalized spacial score (nSPS) is 18.4. The first kappa shape index (κ1) is 14.9. The molecular weight excluding hydrogens is 262 g/mol. The standard InChI is InChI=1S/C18H27NO2/c1-3-15(19)10-13-9-14(11-20-2)17(8-12-4-5-12)16-6-7-21-18(13)16/h9,12,15H,3-8,10-11,19H2,1-2H3. The quantitative estimate of drug-likeness (QED) is 0.839. The van der Waals surface area contributed by atoms with Crippen LogP contribution in [0.15, 0.2) is 6.07 Å². The average molecular weight is 289 g/mol. The topological polar surface area (TPSA) is 44.5 Å². The number of benzene rings is 1. The monoisotopic (exact) mass is 289 g/mol. The van der Waals surface area contributed by atoms with E-state index in [1.807, 2.05) is 0 Å². The largest absolute Gasteiger partial charge is 0.493 e. The van der Waals surface area contributed by atoms with Gasteiger partial charge in [-0.25, -0.2) is 0 Å². The van der Waals surface area contributed by atoms with Gasteiger partial charge in [0, 0.05) is 25.1 Å². The molecule has 1 aliphatic heterocycles. The Morgan fingerprint density at radius 1 is 1.38 bits per heavy atom. The van der Waals surface area contributed by atoms with E-state index in [2.05, 4.69) is 13.0 Å². The Hall–Kier alpha value is -1.06. The van der Waals surface area contributed by atoms with Crippen LogP contribution in [0.1, 0.15) is 48.4 Å². The summed E-state index contributed by atoms with van der Waals surface area (Å²) in [5.41, 5.74) is 11.7. The van der Waals surface area contributed by atoms with Crippen LogP contribution in [0.2, 0.25) is 0 Å². The molecule has 1 saturated carbocycles. The summed E-state index contributed by atoms with van der Waals surface area (Å²) in [5, 5.41) is 0. The van der Waals surface area contributed by atoms with E-state index in [1.165, 1.54) is 41.5 Å². The summed E-state index contributed by atoms with van der Waals surface area (Å²) < 4.78 is 11.4. The lowest BCUT2D eigenvalue weighted by atomic mass is 9.90. The summed E-state index contributed by atoms with van der Waals surface area (Å²) in [5.74, 6) is 2.02. The highest BCUT2D eigenvalue weighted by molar-refractivity contribution is 5.53. The van der Waals surface area contributed by atoms with Crippen molar-refractivity contribution in [3.63, 3.8) is 0 Å². The van der Waals surface area contributed by atoms with Gasteiger partial charge >= 0.3 is 0 Å². The number of ether oxygens (including phenoxy) is 2. The molecule has 2 aliphatic rings. The van der Waals surface area contributed by atoms with E-state index in [-0.39, 0.29) is 6.04 Å². The van der Waals surface area contributed by atoms with Gasteiger partial charge in [0.2, 0.25) is 0 Å². The number of fused-ring (bicyclic) bond motifs is 1. The molecule has 1 atom stereocenters. The van der Waals surface area contributed by atoms with Crippen molar-refractivity contribution in [2.24, 2.45) is 11.7 Å². The van der Waals surface area contributed by atoms with Gasteiger partial charge in [0.25, 0.3) is 0 Å². The first-order chi connectivity index (χ1) is 10.2. The van der Waals surface area contributed by atoms with Gasteiger partial charge in [-0.3, -0.25) is 0 Å². The number of hydrogen-bond acceptors (Lipinski definition) is 3. The van der Waals surface area contributed by atoms with Crippen molar-refractivity contribution in [1.82, 2.24) is 0 Å². The van der Waals surface area contributed by atoms with Gasteiger partial charge in [-0.2, -0.15) is 0 Å². The van der Waals surface area contributed by atoms with Crippen LogP contribution in [0.3, 0.4) is 0 Å². The molecule has 0 aromatic heterocycles. The molecular formula is C18H27NO2. The van der Waals surface area contributed by atoms with E-state index in [0.717, 1.165) is 37.5 Å². The molecule has 3 nitrogen and oxygen atoms in total. The molecule has 1 fully saturated rings. The molecule has 1 unspecified atom stereocenters. The van der Waals surface area contributed by atoms with Crippen LogP contribution in [-0.4, -0.2) is 19.8 Å². The second kappa shape index (κ2) is 6.37. The minimum atomic E-state index is 0.211. The fraction of sp³-hybridized carbons (Fsp3) is 0.667. The van der Waals surface area contributed by atoms with Crippen LogP contribution in [0.25, 0.3) is 0 Å². The van der Waals surface area contributed by atoms with Gasteiger partial charge in [-0.15, -0.1) is 0 Å². The molecule has 116 valence electrons. The lowest BCUT2D eigenvalue weighted by Crippen LogP contribution is -2.22. The predicted molar refractivity (Wildman–Crippen MR) is 84.8 cm³/mol. The Morgan fingerprint density at radius 3 is 2.86 bits per heavy atom. The Bertz CT molecular complexity index is 508. The molecule has 0 saturated heterocycles. The van der Waals surface area contributed by atoms with E-state index >= 15 is 0 Å². The van der Waals surface area contributed by atoms with Crippen molar-refractivity contribution in [3.05, 3.63) is 28.3 Å². The Morgan fingerprint density at radius 2 is 2.19 bits per heavy atom. The molecule has 2 N–H and O–H groups in total. The van der Waals surface area contributed by atoms with Crippen LogP contribution in [0.5, 0.6) is 5.75 Å². The summed E-state index contributed by atoms with van der Waals surface area (Å²) in [6.45, 7) is 3.66. The van der Waals surface area contributed by atoms with Gasteiger partial charge < -0.3 is 15.2 Å².